The first-order valence-electron chi connectivity index (χ1n) is 6.29. The number of aryl methyl sites for hydroxylation is 2. The molecular weight excluding hydrogens is 198 g/mol. The van der Waals surface area contributed by atoms with Crippen LogP contribution in [0.3, 0.4) is 0 Å². The van der Waals surface area contributed by atoms with Crippen molar-refractivity contribution >= 4 is 5.69 Å². The van der Waals surface area contributed by atoms with Gasteiger partial charge >= 0.3 is 0 Å². The maximum atomic E-state index is 4.46. The minimum atomic E-state index is 0.506. The van der Waals surface area contributed by atoms with Gasteiger partial charge in [-0.1, -0.05) is 20.8 Å². The maximum Gasteiger partial charge on any atom is 0.0853 e. The lowest BCUT2D eigenvalue weighted by Crippen LogP contribution is -2.17. The molecule has 1 fully saturated rings. The van der Waals surface area contributed by atoms with Gasteiger partial charge in [-0.15, -0.1) is 0 Å². The smallest absolute Gasteiger partial charge is 0.0853 e. The van der Waals surface area contributed by atoms with Crippen molar-refractivity contribution in [2.24, 2.45) is 12.5 Å². The second-order valence-corrected chi connectivity index (χ2v) is 5.76. The number of nitrogens with one attached hydrogen (secondary N) is 1. The third kappa shape index (κ3) is 2.39. The molecule has 0 aliphatic heterocycles. The van der Waals surface area contributed by atoms with Gasteiger partial charge in [0.2, 0.25) is 0 Å². The molecule has 1 aromatic heterocycles. The molecule has 0 bridgehead atoms. The van der Waals surface area contributed by atoms with Crippen LogP contribution in [-0.2, 0) is 13.5 Å². The zero-order chi connectivity index (χ0) is 11.8. The van der Waals surface area contributed by atoms with E-state index in [0.29, 0.717) is 11.5 Å². The molecule has 0 saturated heterocycles. The summed E-state index contributed by atoms with van der Waals surface area (Å²) in [6.45, 7) is 6.88. The van der Waals surface area contributed by atoms with Crippen molar-refractivity contribution < 1.29 is 0 Å². The van der Waals surface area contributed by atoms with E-state index in [9.17, 15) is 0 Å². The highest BCUT2D eigenvalue weighted by Crippen LogP contribution is 2.38. The lowest BCUT2D eigenvalue weighted by atomic mass is 9.92. The van der Waals surface area contributed by atoms with Crippen molar-refractivity contribution in [3.05, 3.63) is 11.9 Å². The molecule has 1 N–H and O–H groups in total. The summed E-state index contributed by atoms with van der Waals surface area (Å²) in [4.78, 5) is 0. The number of aromatic nitrogens is 2. The van der Waals surface area contributed by atoms with Crippen molar-refractivity contribution in [1.29, 1.82) is 0 Å². The minimum absolute atomic E-state index is 0.506. The second kappa shape index (κ2) is 4.11. The summed E-state index contributed by atoms with van der Waals surface area (Å²) >= 11 is 0. The Morgan fingerprint density at radius 1 is 1.56 bits per heavy atom. The summed E-state index contributed by atoms with van der Waals surface area (Å²) in [5, 5.41) is 8.12. The van der Waals surface area contributed by atoms with Gasteiger partial charge in [0.15, 0.2) is 0 Å². The van der Waals surface area contributed by atoms with E-state index in [0.717, 1.165) is 6.42 Å². The molecule has 16 heavy (non-hydrogen) atoms. The Hall–Kier alpha value is -0.990. The van der Waals surface area contributed by atoms with E-state index < -0.39 is 0 Å². The Balaban J connectivity index is 2.04. The first-order valence-corrected chi connectivity index (χ1v) is 6.29. The summed E-state index contributed by atoms with van der Waals surface area (Å²) in [6.07, 6.45) is 6.98. The van der Waals surface area contributed by atoms with Gasteiger partial charge in [0.1, 0.15) is 0 Å². The van der Waals surface area contributed by atoms with Gasteiger partial charge in [-0.3, -0.25) is 4.68 Å². The molecular formula is C13H23N3. The molecule has 1 saturated carbocycles. The SMILES string of the molecule is CCc1nn(C)cc1NC1CCC(C)(C)C1. The lowest BCUT2D eigenvalue weighted by Gasteiger charge is -2.18. The maximum absolute atomic E-state index is 4.46. The largest absolute Gasteiger partial charge is 0.380 e. The summed E-state index contributed by atoms with van der Waals surface area (Å²) in [6, 6.07) is 0.629. The van der Waals surface area contributed by atoms with E-state index in [-0.39, 0.29) is 0 Å². The van der Waals surface area contributed by atoms with Gasteiger partial charge in [0.25, 0.3) is 0 Å². The fourth-order valence-electron chi connectivity index (χ4n) is 2.70. The van der Waals surface area contributed by atoms with Crippen molar-refractivity contribution in [3.63, 3.8) is 0 Å². The van der Waals surface area contributed by atoms with E-state index in [2.05, 4.69) is 37.4 Å². The Morgan fingerprint density at radius 3 is 2.88 bits per heavy atom. The number of nitrogens with zero attached hydrogens (tertiary/aromatic N) is 2. The third-order valence-electron chi connectivity index (χ3n) is 3.57. The molecule has 3 heteroatoms. The summed E-state index contributed by atoms with van der Waals surface area (Å²) in [7, 11) is 1.99. The third-order valence-corrected chi connectivity index (χ3v) is 3.57. The molecule has 0 aromatic carbocycles. The number of anilines is 1. The molecule has 1 unspecified atom stereocenters. The van der Waals surface area contributed by atoms with Crippen molar-refractivity contribution in [2.75, 3.05) is 5.32 Å². The van der Waals surface area contributed by atoms with Gasteiger partial charge in [-0.05, 0) is 31.1 Å². The van der Waals surface area contributed by atoms with Crippen LogP contribution >= 0.6 is 0 Å². The average Bonchev–Trinajstić information content (AvgIpc) is 2.70. The zero-order valence-corrected chi connectivity index (χ0v) is 10.9. The van der Waals surface area contributed by atoms with E-state index in [4.69, 9.17) is 0 Å². The number of hydrogen-bond acceptors (Lipinski definition) is 2. The van der Waals surface area contributed by atoms with E-state index in [1.807, 2.05) is 11.7 Å². The van der Waals surface area contributed by atoms with E-state index >= 15 is 0 Å². The Labute approximate surface area is 98.2 Å². The predicted octanol–water partition coefficient (Wildman–Crippen LogP) is 2.97. The zero-order valence-electron chi connectivity index (χ0n) is 10.9. The predicted molar refractivity (Wildman–Crippen MR) is 67.6 cm³/mol. The van der Waals surface area contributed by atoms with Crippen LogP contribution in [0.2, 0.25) is 0 Å². The Morgan fingerprint density at radius 2 is 2.31 bits per heavy atom. The highest BCUT2D eigenvalue weighted by molar-refractivity contribution is 5.47. The van der Waals surface area contributed by atoms with E-state index in [1.54, 1.807) is 0 Å². The van der Waals surface area contributed by atoms with Gasteiger partial charge in [-0.2, -0.15) is 5.10 Å². The molecule has 1 aliphatic carbocycles. The molecule has 1 aliphatic rings. The van der Waals surface area contributed by atoms with Crippen LogP contribution < -0.4 is 5.32 Å². The summed E-state index contributed by atoms with van der Waals surface area (Å²) in [5.74, 6) is 0. The van der Waals surface area contributed by atoms with Gasteiger partial charge in [-0.25, -0.2) is 0 Å². The molecule has 1 atom stereocenters. The molecule has 1 heterocycles. The summed E-state index contributed by atoms with van der Waals surface area (Å²) < 4.78 is 1.90. The van der Waals surface area contributed by atoms with Gasteiger partial charge in [0, 0.05) is 19.3 Å². The minimum Gasteiger partial charge on any atom is -0.380 e. The number of rotatable bonds is 3. The van der Waals surface area contributed by atoms with Crippen molar-refractivity contribution in [2.45, 2.75) is 52.5 Å². The highest BCUT2D eigenvalue weighted by Gasteiger charge is 2.31. The fraction of sp³-hybridized carbons (Fsp3) is 0.769. The molecule has 1 aromatic rings. The highest BCUT2D eigenvalue weighted by atomic mass is 15.3. The first kappa shape index (κ1) is 11.5. The molecule has 90 valence electrons. The summed E-state index contributed by atoms with van der Waals surface area (Å²) in [5.41, 5.74) is 2.92. The van der Waals surface area contributed by atoms with Crippen LogP contribution in [0.1, 0.15) is 45.7 Å². The van der Waals surface area contributed by atoms with Crippen LogP contribution in [0.25, 0.3) is 0 Å². The van der Waals surface area contributed by atoms with Crippen LogP contribution in [0, 0.1) is 5.41 Å². The Kier molecular flexibility index (Phi) is 2.96. The Bertz CT molecular complexity index is 365. The molecule has 0 spiro atoms. The number of hydrogen-bond donors (Lipinski definition) is 1. The quantitative estimate of drug-likeness (QED) is 0.850. The molecule has 2 rings (SSSR count). The van der Waals surface area contributed by atoms with Crippen LogP contribution in [0.15, 0.2) is 6.20 Å². The first-order chi connectivity index (χ1) is 7.50. The van der Waals surface area contributed by atoms with Crippen molar-refractivity contribution in [1.82, 2.24) is 9.78 Å². The lowest BCUT2D eigenvalue weighted by molar-refractivity contribution is 0.378. The fourth-order valence-corrected chi connectivity index (χ4v) is 2.70. The van der Waals surface area contributed by atoms with Crippen molar-refractivity contribution in [3.8, 4) is 0 Å². The monoisotopic (exact) mass is 221 g/mol. The van der Waals surface area contributed by atoms with Gasteiger partial charge in [0.05, 0.1) is 11.4 Å². The van der Waals surface area contributed by atoms with Crippen LogP contribution in [0.4, 0.5) is 5.69 Å². The molecule has 3 nitrogen and oxygen atoms in total. The molecule has 0 radical (unpaired) electrons. The normalized spacial score (nSPS) is 23.6. The standard InChI is InChI=1S/C13H23N3/c1-5-11-12(9-16(4)15-11)14-10-6-7-13(2,3)8-10/h9-10,14H,5-8H2,1-4H3. The second-order valence-electron chi connectivity index (χ2n) is 5.76. The van der Waals surface area contributed by atoms with Crippen LogP contribution in [-0.4, -0.2) is 15.8 Å². The van der Waals surface area contributed by atoms with Crippen LogP contribution in [0.5, 0.6) is 0 Å². The van der Waals surface area contributed by atoms with E-state index in [1.165, 1.54) is 30.6 Å². The topological polar surface area (TPSA) is 29.9 Å². The molecule has 0 amide bonds. The van der Waals surface area contributed by atoms with Gasteiger partial charge < -0.3 is 5.32 Å². The average molecular weight is 221 g/mol.